The van der Waals surface area contributed by atoms with Crippen molar-refractivity contribution in [2.45, 2.75) is 90.9 Å². The molecule has 0 bridgehead atoms. The molecule has 28 heavy (non-hydrogen) atoms. The standard InChI is InChI=1S/C27H41P/c1-19(2)23-17-25(20(3)4)26(22-13-9-7-10-14-22)27(18-23,21(5)6)28-24-15-11-8-12-16-24/h7,9-10,13-14,17,19-21,24,28H,8,11-12,15-16,18H2,1-6H3. The summed E-state index contributed by atoms with van der Waals surface area (Å²) in [6, 6.07) is 11.4. The van der Waals surface area contributed by atoms with Crippen LogP contribution in [0.3, 0.4) is 0 Å². The predicted octanol–water partition coefficient (Wildman–Crippen LogP) is 8.49. The van der Waals surface area contributed by atoms with Gasteiger partial charge in [0.1, 0.15) is 0 Å². The molecule has 0 aromatic heterocycles. The first kappa shape index (κ1) is 21.8. The van der Waals surface area contributed by atoms with Gasteiger partial charge in [0.25, 0.3) is 0 Å². The molecule has 0 nitrogen and oxygen atoms in total. The van der Waals surface area contributed by atoms with Gasteiger partial charge >= 0.3 is 0 Å². The average molecular weight is 397 g/mol. The van der Waals surface area contributed by atoms with Crippen molar-refractivity contribution in [1.29, 1.82) is 0 Å². The van der Waals surface area contributed by atoms with Crippen LogP contribution >= 0.6 is 8.58 Å². The average Bonchev–Trinajstić information content (AvgIpc) is 2.68. The third-order valence-electron chi connectivity index (χ3n) is 7.04. The van der Waals surface area contributed by atoms with Crippen LogP contribution in [0.1, 0.15) is 85.6 Å². The van der Waals surface area contributed by atoms with Crippen molar-refractivity contribution in [3.63, 3.8) is 0 Å². The number of hydrogen-bond acceptors (Lipinski definition) is 0. The van der Waals surface area contributed by atoms with Gasteiger partial charge in [-0.3, -0.25) is 0 Å². The van der Waals surface area contributed by atoms with Gasteiger partial charge in [0.05, 0.1) is 0 Å². The molecule has 2 aliphatic rings. The molecule has 154 valence electrons. The van der Waals surface area contributed by atoms with Crippen LogP contribution in [0.4, 0.5) is 0 Å². The highest BCUT2D eigenvalue weighted by Crippen LogP contribution is 2.60. The van der Waals surface area contributed by atoms with Gasteiger partial charge in [-0.05, 0) is 59.4 Å². The minimum absolute atomic E-state index is 0.303. The fourth-order valence-corrected chi connectivity index (χ4v) is 7.74. The number of benzene rings is 1. The molecule has 0 spiro atoms. The Hall–Kier alpha value is -0.870. The van der Waals surface area contributed by atoms with E-state index in [9.17, 15) is 0 Å². The molecule has 0 N–H and O–H groups in total. The van der Waals surface area contributed by atoms with Gasteiger partial charge in [0, 0.05) is 5.16 Å². The maximum atomic E-state index is 2.59. The molecule has 0 saturated heterocycles. The van der Waals surface area contributed by atoms with Gasteiger partial charge in [-0.15, -0.1) is 8.58 Å². The van der Waals surface area contributed by atoms with E-state index >= 15 is 0 Å². The fraction of sp³-hybridized carbons (Fsp3) is 0.630. The van der Waals surface area contributed by atoms with E-state index in [1.807, 2.05) is 0 Å². The van der Waals surface area contributed by atoms with Crippen molar-refractivity contribution in [3.8, 4) is 0 Å². The summed E-state index contributed by atoms with van der Waals surface area (Å²) in [5, 5.41) is 0.303. The maximum absolute atomic E-state index is 2.59. The molecule has 1 fully saturated rings. The van der Waals surface area contributed by atoms with Crippen LogP contribution in [-0.2, 0) is 0 Å². The summed E-state index contributed by atoms with van der Waals surface area (Å²) in [4.78, 5) is 0. The van der Waals surface area contributed by atoms with Crippen LogP contribution < -0.4 is 0 Å². The summed E-state index contributed by atoms with van der Waals surface area (Å²) in [6.45, 7) is 14.6. The molecule has 0 aliphatic heterocycles. The second-order valence-corrected chi connectivity index (χ2v) is 12.0. The number of rotatable bonds is 6. The Kier molecular flexibility index (Phi) is 7.25. The lowest BCUT2D eigenvalue weighted by molar-refractivity contribution is 0.467. The van der Waals surface area contributed by atoms with Crippen LogP contribution in [-0.4, -0.2) is 10.8 Å². The van der Waals surface area contributed by atoms with E-state index in [2.05, 4.69) is 78.0 Å². The molecule has 1 aromatic rings. The summed E-state index contributed by atoms with van der Waals surface area (Å²) in [7, 11) is 1.05. The zero-order chi connectivity index (χ0) is 20.3. The Morgan fingerprint density at radius 1 is 0.857 bits per heavy atom. The quantitative estimate of drug-likeness (QED) is 0.423. The van der Waals surface area contributed by atoms with Gasteiger partial charge < -0.3 is 0 Å². The Morgan fingerprint density at radius 3 is 2.04 bits per heavy atom. The van der Waals surface area contributed by atoms with Crippen molar-refractivity contribution in [1.82, 2.24) is 0 Å². The molecule has 3 rings (SSSR count). The molecular weight excluding hydrogens is 355 g/mol. The normalized spacial score (nSPS) is 24.8. The lowest BCUT2D eigenvalue weighted by Crippen LogP contribution is -2.38. The lowest BCUT2D eigenvalue weighted by atomic mass is 9.70. The van der Waals surface area contributed by atoms with Crippen LogP contribution in [0.25, 0.3) is 5.57 Å². The lowest BCUT2D eigenvalue weighted by Gasteiger charge is -2.48. The predicted molar refractivity (Wildman–Crippen MR) is 128 cm³/mol. The Labute approximate surface area is 176 Å². The van der Waals surface area contributed by atoms with Crippen molar-refractivity contribution in [2.24, 2.45) is 17.8 Å². The SMILES string of the molecule is CC(C)C1=CC(C(C)C)=C(c2ccccc2)C(PC2CCCCC2)(C(C)C)C1. The van der Waals surface area contributed by atoms with Crippen LogP contribution in [0.2, 0.25) is 0 Å². The van der Waals surface area contributed by atoms with Crippen molar-refractivity contribution < 1.29 is 0 Å². The summed E-state index contributed by atoms with van der Waals surface area (Å²) in [6.07, 6.45) is 11.1. The highest BCUT2D eigenvalue weighted by molar-refractivity contribution is 7.41. The number of allylic oxidation sites excluding steroid dienone is 4. The zero-order valence-electron chi connectivity index (χ0n) is 19.0. The second kappa shape index (κ2) is 9.30. The molecule has 0 amide bonds. The van der Waals surface area contributed by atoms with Crippen LogP contribution in [0, 0.1) is 17.8 Å². The summed E-state index contributed by atoms with van der Waals surface area (Å²) < 4.78 is 0. The summed E-state index contributed by atoms with van der Waals surface area (Å²) in [5.74, 6) is 1.87. The smallest absolute Gasteiger partial charge is 0.0197 e. The Morgan fingerprint density at radius 2 is 1.50 bits per heavy atom. The molecule has 1 heteroatoms. The molecular formula is C27H41P. The van der Waals surface area contributed by atoms with E-state index in [0.717, 1.165) is 14.2 Å². The third kappa shape index (κ3) is 4.48. The van der Waals surface area contributed by atoms with Crippen molar-refractivity contribution in [3.05, 3.63) is 53.1 Å². The van der Waals surface area contributed by atoms with Crippen LogP contribution in [0.15, 0.2) is 47.6 Å². The van der Waals surface area contributed by atoms with E-state index in [1.165, 1.54) is 44.1 Å². The van der Waals surface area contributed by atoms with Gasteiger partial charge in [0.2, 0.25) is 0 Å². The van der Waals surface area contributed by atoms with Gasteiger partial charge in [-0.1, -0.05) is 103 Å². The van der Waals surface area contributed by atoms with Crippen molar-refractivity contribution in [2.75, 3.05) is 0 Å². The highest BCUT2D eigenvalue weighted by Gasteiger charge is 2.44. The van der Waals surface area contributed by atoms with E-state index < -0.39 is 0 Å². The van der Waals surface area contributed by atoms with Gasteiger partial charge in [-0.2, -0.15) is 0 Å². The third-order valence-corrected chi connectivity index (χ3v) is 9.54. The number of hydrogen-bond donors (Lipinski definition) is 0. The first-order chi connectivity index (χ1) is 13.3. The molecule has 0 heterocycles. The second-order valence-electron chi connectivity index (χ2n) is 10.0. The molecule has 2 aliphatic carbocycles. The van der Waals surface area contributed by atoms with E-state index in [-0.39, 0.29) is 0 Å². The fourth-order valence-electron chi connectivity index (χ4n) is 5.24. The van der Waals surface area contributed by atoms with E-state index in [1.54, 1.807) is 16.7 Å². The molecule has 1 saturated carbocycles. The van der Waals surface area contributed by atoms with E-state index in [4.69, 9.17) is 0 Å². The largest absolute Gasteiger partial charge is 0.107 e. The van der Waals surface area contributed by atoms with Crippen molar-refractivity contribution >= 4 is 14.2 Å². The highest BCUT2D eigenvalue weighted by atomic mass is 31.1. The summed E-state index contributed by atoms with van der Waals surface area (Å²) in [5.41, 5.74) is 7.38. The molecule has 2 atom stereocenters. The monoisotopic (exact) mass is 396 g/mol. The van der Waals surface area contributed by atoms with Crippen LogP contribution in [0.5, 0.6) is 0 Å². The van der Waals surface area contributed by atoms with Gasteiger partial charge in [0.15, 0.2) is 0 Å². The molecule has 1 aromatic carbocycles. The van der Waals surface area contributed by atoms with Gasteiger partial charge in [-0.25, -0.2) is 0 Å². The molecule has 2 unspecified atom stereocenters. The first-order valence-electron chi connectivity index (χ1n) is 11.6. The minimum Gasteiger partial charge on any atom is -0.107 e. The Balaban J connectivity index is 2.19. The van der Waals surface area contributed by atoms with E-state index in [0.29, 0.717) is 22.9 Å². The maximum Gasteiger partial charge on any atom is 0.0197 e. The first-order valence-corrected chi connectivity index (χ1v) is 12.7. The Bertz CT molecular complexity index is 701. The zero-order valence-corrected chi connectivity index (χ0v) is 20.0. The topological polar surface area (TPSA) is 0 Å². The molecule has 0 radical (unpaired) electrons. The summed E-state index contributed by atoms with van der Waals surface area (Å²) >= 11 is 0. The minimum atomic E-state index is 0.303.